The first-order valence-corrected chi connectivity index (χ1v) is 8.10. The van der Waals surface area contributed by atoms with E-state index < -0.39 is 41.7 Å². The number of hydrogen-bond acceptors (Lipinski definition) is 6. The topological polar surface area (TPSA) is 149 Å². The predicted octanol–water partition coefficient (Wildman–Crippen LogP) is -0.292. The van der Waals surface area contributed by atoms with Crippen LogP contribution in [-0.2, 0) is 25.2 Å². The lowest BCUT2D eigenvalue weighted by Crippen LogP contribution is -2.50. The van der Waals surface area contributed by atoms with E-state index in [1.165, 1.54) is 12.1 Å². The van der Waals surface area contributed by atoms with Crippen LogP contribution in [0.4, 0.5) is 0 Å². The van der Waals surface area contributed by atoms with Crippen LogP contribution in [0.15, 0.2) is 24.3 Å². The molecule has 1 aromatic carbocycles. The summed E-state index contributed by atoms with van der Waals surface area (Å²) >= 11 is 0. The van der Waals surface area contributed by atoms with Crippen LogP contribution in [0.2, 0.25) is 0 Å². The van der Waals surface area contributed by atoms with Gasteiger partial charge in [0.15, 0.2) is 5.25 Å². The van der Waals surface area contributed by atoms with Crippen molar-refractivity contribution in [2.45, 2.75) is 10.2 Å². The molecule has 10 heteroatoms. The molecule has 110 valence electrons. The van der Waals surface area contributed by atoms with Crippen LogP contribution < -0.4 is 0 Å². The molecule has 2 atom stereocenters. The lowest BCUT2D eigenvalue weighted by molar-refractivity contribution is 0.111. The number of aromatic hydroxyl groups is 1. The van der Waals surface area contributed by atoms with Gasteiger partial charge in [0.2, 0.25) is 4.93 Å². The van der Waals surface area contributed by atoms with E-state index in [0.717, 1.165) is 12.1 Å². The number of phenolic OH excluding ortho intramolecular Hbond substituents is 1. The molecule has 2 rings (SSSR count). The minimum atomic E-state index is -5.39. The van der Waals surface area contributed by atoms with E-state index in [1.807, 2.05) is 0 Å². The Labute approximate surface area is 114 Å². The van der Waals surface area contributed by atoms with Gasteiger partial charge >= 0.3 is 10.1 Å². The van der Waals surface area contributed by atoms with E-state index in [1.54, 1.807) is 0 Å². The van der Waals surface area contributed by atoms with E-state index in [9.17, 15) is 31.6 Å². The van der Waals surface area contributed by atoms with Crippen LogP contribution in [-0.4, -0.2) is 41.4 Å². The van der Waals surface area contributed by atoms with Crippen molar-refractivity contribution < 1.29 is 36.2 Å². The Bertz CT molecular complexity index is 793. The summed E-state index contributed by atoms with van der Waals surface area (Å²) in [5, 5.41) is 17.6. The molecular formula is C10H10O8S2. The van der Waals surface area contributed by atoms with Crippen molar-refractivity contribution in [3.8, 4) is 5.75 Å². The summed E-state index contributed by atoms with van der Waals surface area (Å²) in [6.45, 7) is 0. The van der Waals surface area contributed by atoms with Gasteiger partial charge in [-0.1, -0.05) is 24.3 Å². The van der Waals surface area contributed by atoms with Gasteiger partial charge in [0.25, 0.3) is 10.1 Å². The average molecular weight is 322 g/mol. The highest BCUT2D eigenvalue weighted by atomic mass is 32.2. The molecular weight excluding hydrogens is 312 g/mol. The van der Waals surface area contributed by atoms with Crippen molar-refractivity contribution in [3.63, 3.8) is 0 Å². The van der Waals surface area contributed by atoms with Gasteiger partial charge in [0.1, 0.15) is 5.75 Å². The summed E-state index contributed by atoms with van der Waals surface area (Å²) < 4.78 is 63.7. The molecule has 20 heavy (non-hydrogen) atoms. The fraction of sp³-hybridized carbons (Fsp3) is 0.200. The van der Waals surface area contributed by atoms with E-state index in [4.69, 9.17) is 4.55 Å². The predicted molar refractivity (Wildman–Crippen MR) is 67.9 cm³/mol. The lowest BCUT2D eigenvalue weighted by atomic mass is 9.93. The zero-order valence-corrected chi connectivity index (χ0v) is 11.3. The monoisotopic (exact) mass is 322 g/mol. The summed E-state index contributed by atoms with van der Waals surface area (Å²) in [6, 6.07) is 3.63. The lowest BCUT2D eigenvalue weighted by Gasteiger charge is -2.34. The van der Waals surface area contributed by atoms with Crippen molar-refractivity contribution in [2.24, 2.45) is 0 Å². The molecule has 0 aromatic heterocycles. The first-order valence-electron chi connectivity index (χ1n) is 5.16. The molecule has 0 fully saturated rings. The molecule has 0 bridgehead atoms. The molecule has 0 spiro atoms. The molecule has 1 aliphatic rings. The van der Waals surface area contributed by atoms with Crippen molar-refractivity contribution in [1.82, 2.24) is 0 Å². The SMILES string of the molecule is O=S(=O)(O)C1C=Cc2cccc(O)c2C1(O)S(=O)(=O)O. The molecule has 0 saturated heterocycles. The molecule has 0 heterocycles. The molecule has 4 N–H and O–H groups in total. The first-order chi connectivity index (χ1) is 8.99. The van der Waals surface area contributed by atoms with Crippen LogP contribution in [0.25, 0.3) is 6.08 Å². The Kier molecular flexibility index (Phi) is 3.19. The number of fused-ring (bicyclic) bond motifs is 1. The van der Waals surface area contributed by atoms with Gasteiger partial charge in [-0.2, -0.15) is 16.8 Å². The van der Waals surface area contributed by atoms with Gasteiger partial charge in [-0.3, -0.25) is 9.11 Å². The van der Waals surface area contributed by atoms with Crippen LogP contribution >= 0.6 is 0 Å². The Hall–Kier alpha value is -1.46. The normalized spacial score (nSPS) is 26.2. The quantitative estimate of drug-likeness (QED) is 0.542. The highest BCUT2D eigenvalue weighted by Crippen LogP contribution is 2.44. The Morgan fingerprint density at radius 1 is 1.10 bits per heavy atom. The van der Waals surface area contributed by atoms with Crippen molar-refractivity contribution in [1.29, 1.82) is 0 Å². The number of hydrogen-bond donors (Lipinski definition) is 4. The maximum atomic E-state index is 11.5. The maximum absolute atomic E-state index is 11.5. The Morgan fingerprint density at radius 3 is 2.20 bits per heavy atom. The van der Waals surface area contributed by atoms with Crippen LogP contribution in [0, 0.1) is 0 Å². The molecule has 1 aromatic rings. The molecule has 2 unspecified atom stereocenters. The zero-order valence-electron chi connectivity index (χ0n) is 9.70. The molecule has 8 nitrogen and oxygen atoms in total. The fourth-order valence-corrected chi connectivity index (χ4v) is 4.51. The van der Waals surface area contributed by atoms with Crippen LogP contribution in [0.3, 0.4) is 0 Å². The highest BCUT2D eigenvalue weighted by molar-refractivity contribution is 7.90. The van der Waals surface area contributed by atoms with E-state index in [-0.39, 0.29) is 5.56 Å². The highest BCUT2D eigenvalue weighted by Gasteiger charge is 2.57. The second-order valence-corrected chi connectivity index (χ2v) is 7.32. The zero-order chi connectivity index (χ0) is 15.3. The third kappa shape index (κ3) is 2.01. The third-order valence-electron chi connectivity index (χ3n) is 2.98. The summed E-state index contributed by atoms with van der Waals surface area (Å²) in [5.74, 6) is -0.736. The first kappa shape index (κ1) is 14.9. The van der Waals surface area contributed by atoms with Crippen molar-refractivity contribution in [3.05, 3.63) is 35.4 Å². The number of benzene rings is 1. The second-order valence-electron chi connectivity index (χ2n) is 4.21. The average Bonchev–Trinajstić information content (AvgIpc) is 2.25. The molecule has 0 radical (unpaired) electrons. The van der Waals surface area contributed by atoms with Gasteiger partial charge in [0, 0.05) is 0 Å². The number of phenols is 1. The summed E-state index contributed by atoms with van der Waals surface area (Å²) in [5.41, 5.74) is -0.724. The van der Waals surface area contributed by atoms with Gasteiger partial charge < -0.3 is 10.2 Å². The van der Waals surface area contributed by atoms with E-state index >= 15 is 0 Å². The minimum Gasteiger partial charge on any atom is -0.507 e. The van der Waals surface area contributed by atoms with Crippen LogP contribution in [0.1, 0.15) is 11.1 Å². The van der Waals surface area contributed by atoms with E-state index in [2.05, 4.69) is 0 Å². The van der Waals surface area contributed by atoms with Crippen LogP contribution in [0.5, 0.6) is 5.75 Å². The summed E-state index contributed by atoms with van der Waals surface area (Å²) in [7, 11) is -10.5. The largest absolute Gasteiger partial charge is 0.507 e. The summed E-state index contributed by atoms with van der Waals surface area (Å²) in [4.78, 5) is -3.41. The van der Waals surface area contributed by atoms with E-state index in [0.29, 0.717) is 6.08 Å². The smallest absolute Gasteiger partial charge is 0.301 e. The summed E-state index contributed by atoms with van der Waals surface area (Å²) in [6.07, 6.45) is 1.82. The fourth-order valence-electron chi connectivity index (χ4n) is 2.13. The van der Waals surface area contributed by atoms with Crippen molar-refractivity contribution >= 4 is 26.3 Å². The molecule has 0 amide bonds. The Morgan fingerprint density at radius 2 is 1.70 bits per heavy atom. The Balaban J connectivity index is 2.93. The van der Waals surface area contributed by atoms with Gasteiger partial charge in [-0.05, 0) is 11.6 Å². The maximum Gasteiger partial charge on any atom is 0.301 e. The number of rotatable bonds is 2. The number of aliphatic hydroxyl groups is 1. The third-order valence-corrected chi connectivity index (χ3v) is 5.52. The van der Waals surface area contributed by atoms with Gasteiger partial charge in [0.05, 0.1) is 5.56 Å². The van der Waals surface area contributed by atoms with Crippen molar-refractivity contribution in [2.75, 3.05) is 0 Å². The van der Waals surface area contributed by atoms with Gasteiger partial charge in [-0.25, -0.2) is 0 Å². The second kappa shape index (κ2) is 4.27. The molecule has 0 aliphatic heterocycles. The van der Waals surface area contributed by atoms with Gasteiger partial charge in [-0.15, -0.1) is 0 Å². The minimum absolute atomic E-state index is 0.00924. The molecule has 0 saturated carbocycles. The standard InChI is InChI=1S/C10H10O8S2/c11-7-3-1-2-6-4-5-8(19(13,14)15)10(12,9(6)7)20(16,17)18/h1-5,8,11-12H,(H,13,14,15)(H,16,17,18). The molecule has 1 aliphatic carbocycles.